The van der Waals surface area contributed by atoms with Gasteiger partial charge >= 0.3 is 12.0 Å². The Kier molecular flexibility index (Phi) is 5.48. The molecule has 0 aliphatic heterocycles. The number of hydrogen-bond acceptors (Lipinski definition) is 4. The minimum atomic E-state index is -1.07. The summed E-state index contributed by atoms with van der Waals surface area (Å²) in [5.41, 5.74) is 1.35. The van der Waals surface area contributed by atoms with Gasteiger partial charge in [-0.2, -0.15) is 0 Å². The molecule has 2 aromatic rings. The monoisotopic (exact) mass is 371 g/mol. The van der Waals surface area contributed by atoms with Crippen LogP contribution in [0.15, 0.2) is 30.5 Å². The number of aromatic nitrogens is 1. The summed E-state index contributed by atoms with van der Waals surface area (Å²) in [4.78, 5) is 36.4. The number of amides is 3. The molecule has 0 radical (unpaired) electrons. The molecule has 1 aromatic carbocycles. The van der Waals surface area contributed by atoms with E-state index in [0.717, 1.165) is 30.3 Å². The molecular formula is C20H25N3O4. The van der Waals surface area contributed by atoms with Crippen LogP contribution >= 0.6 is 0 Å². The van der Waals surface area contributed by atoms with E-state index in [-0.39, 0.29) is 6.04 Å². The predicted octanol–water partition coefficient (Wildman–Crippen LogP) is 2.83. The number of carbonyl (C=O) groups excluding carboxylic acids is 3. The van der Waals surface area contributed by atoms with E-state index in [1.54, 1.807) is 6.20 Å². The number of imide groups is 1. The quantitative estimate of drug-likeness (QED) is 0.764. The standard InChI is InChI=1S/C20H25N3O4/c1-12(2)10-23-11-16(15-6-4-5-7-17(15)23)19(25)27-13(3)18(24)22-20(26)21-14-8-9-14/h4-7,11-14H,8-10H2,1-3H3,(H2,21,22,24,26)/t13-/m0/s1. The number of carbonyl (C=O) groups is 3. The maximum atomic E-state index is 12.6. The number of esters is 1. The maximum absolute atomic E-state index is 12.6. The minimum Gasteiger partial charge on any atom is -0.449 e. The highest BCUT2D eigenvalue weighted by atomic mass is 16.5. The summed E-state index contributed by atoms with van der Waals surface area (Å²) in [6, 6.07) is 7.17. The Labute approximate surface area is 158 Å². The molecule has 1 aromatic heterocycles. The summed E-state index contributed by atoms with van der Waals surface area (Å²) in [5, 5.41) is 5.64. The second-order valence-electron chi connectivity index (χ2n) is 7.39. The van der Waals surface area contributed by atoms with E-state index in [1.165, 1.54) is 6.92 Å². The summed E-state index contributed by atoms with van der Waals surface area (Å²) >= 11 is 0. The fraction of sp³-hybridized carbons (Fsp3) is 0.450. The van der Waals surface area contributed by atoms with E-state index in [2.05, 4.69) is 24.5 Å². The fourth-order valence-corrected chi connectivity index (χ4v) is 2.89. The van der Waals surface area contributed by atoms with Crippen molar-refractivity contribution >= 4 is 28.8 Å². The molecule has 1 aliphatic rings. The van der Waals surface area contributed by atoms with Crippen LogP contribution in [0.25, 0.3) is 10.9 Å². The van der Waals surface area contributed by atoms with E-state index >= 15 is 0 Å². The van der Waals surface area contributed by atoms with Gasteiger partial charge in [0, 0.05) is 29.7 Å². The van der Waals surface area contributed by atoms with Gasteiger partial charge in [0.2, 0.25) is 0 Å². The second-order valence-corrected chi connectivity index (χ2v) is 7.39. The summed E-state index contributed by atoms with van der Waals surface area (Å²) in [6.45, 7) is 6.42. The SMILES string of the molecule is CC(C)Cn1cc(C(=O)O[C@@H](C)C(=O)NC(=O)NC2CC2)c2ccccc21. The molecule has 144 valence electrons. The number of benzene rings is 1. The summed E-state index contributed by atoms with van der Waals surface area (Å²) in [5.74, 6) is -0.814. The van der Waals surface area contributed by atoms with Crippen molar-refractivity contribution in [3.63, 3.8) is 0 Å². The first-order valence-electron chi connectivity index (χ1n) is 9.25. The number of urea groups is 1. The van der Waals surface area contributed by atoms with Gasteiger partial charge in [-0.05, 0) is 31.7 Å². The smallest absolute Gasteiger partial charge is 0.341 e. The molecule has 7 nitrogen and oxygen atoms in total. The predicted molar refractivity (Wildman–Crippen MR) is 101 cm³/mol. The summed E-state index contributed by atoms with van der Waals surface area (Å²) in [7, 11) is 0. The van der Waals surface area contributed by atoms with Crippen molar-refractivity contribution in [1.29, 1.82) is 0 Å². The van der Waals surface area contributed by atoms with Crippen LogP contribution in [0.1, 0.15) is 44.0 Å². The molecule has 0 spiro atoms. The Hall–Kier alpha value is -2.83. The zero-order valence-electron chi connectivity index (χ0n) is 15.8. The first kappa shape index (κ1) is 18.9. The Morgan fingerprint density at radius 2 is 1.89 bits per heavy atom. The molecule has 7 heteroatoms. The molecule has 1 saturated carbocycles. The topological polar surface area (TPSA) is 89.4 Å². The molecular weight excluding hydrogens is 346 g/mol. The maximum Gasteiger partial charge on any atom is 0.341 e. The summed E-state index contributed by atoms with van der Waals surface area (Å²) < 4.78 is 7.32. The number of fused-ring (bicyclic) bond motifs is 1. The molecule has 3 rings (SSSR count). The zero-order valence-corrected chi connectivity index (χ0v) is 15.8. The van der Waals surface area contributed by atoms with E-state index < -0.39 is 24.0 Å². The Morgan fingerprint density at radius 1 is 1.19 bits per heavy atom. The molecule has 0 saturated heterocycles. The van der Waals surface area contributed by atoms with E-state index in [1.807, 2.05) is 28.8 Å². The van der Waals surface area contributed by atoms with Gasteiger partial charge in [-0.3, -0.25) is 10.1 Å². The lowest BCUT2D eigenvalue weighted by Crippen LogP contribution is -2.45. The van der Waals surface area contributed by atoms with Crippen molar-refractivity contribution < 1.29 is 19.1 Å². The average molecular weight is 371 g/mol. The van der Waals surface area contributed by atoms with Crippen LogP contribution in [0.3, 0.4) is 0 Å². The van der Waals surface area contributed by atoms with E-state index in [9.17, 15) is 14.4 Å². The molecule has 3 amide bonds. The number of ether oxygens (including phenoxy) is 1. The van der Waals surface area contributed by atoms with Crippen LogP contribution in [0.5, 0.6) is 0 Å². The summed E-state index contributed by atoms with van der Waals surface area (Å²) in [6.07, 6.45) is 2.53. The van der Waals surface area contributed by atoms with Gasteiger partial charge in [0.25, 0.3) is 5.91 Å². The van der Waals surface area contributed by atoms with Crippen LogP contribution in [0.4, 0.5) is 4.79 Å². The van der Waals surface area contributed by atoms with Crippen LogP contribution in [0, 0.1) is 5.92 Å². The Balaban J connectivity index is 1.69. The van der Waals surface area contributed by atoms with Crippen molar-refractivity contribution in [2.75, 3.05) is 0 Å². The zero-order chi connectivity index (χ0) is 19.6. The average Bonchev–Trinajstić information content (AvgIpc) is 3.34. The molecule has 0 unspecified atom stereocenters. The highest BCUT2D eigenvalue weighted by molar-refractivity contribution is 6.05. The van der Waals surface area contributed by atoms with Crippen LogP contribution < -0.4 is 10.6 Å². The third-order valence-corrected chi connectivity index (χ3v) is 4.37. The molecule has 27 heavy (non-hydrogen) atoms. The van der Waals surface area contributed by atoms with Gasteiger partial charge in [-0.15, -0.1) is 0 Å². The minimum absolute atomic E-state index is 0.141. The highest BCUT2D eigenvalue weighted by Gasteiger charge is 2.27. The molecule has 1 fully saturated rings. The first-order valence-corrected chi connectivity index (χ1v) is 9.25. The van der Waals surface area contributed by atoms with Gasteiger partial charge in [0.15, 0.2) is 6.10 Å². The van der Waals surface area contributed by atoms with Crippen molar-refractivity contribution in [2.24, 2.45) is 5.92 Å². The lowest BCUT2D eigenvalue weighted by atomic mass is 10.2. The van der Waals surface area contributed by atoms with Gasteiger partial charge in [-0.1, -0.05) is 32.0 Å². The van der Waals surface area contributed by atoms with E-state index in [4.69, 9.17) is 4.74 Å². The van der Waals surface area contributed by atoms with Crippen LogP contribution in [-0.4, -0.2) is 34.6 Å². The third kappa shape index (κ3) is 4.67. The number of para-hydroxylation sites is 1. The lowest BCUT2D eigenvalue weighted by Gasteiger charge is -2.13. The molecule has 1 heterocycles. The van der Waals surface area contributed by atoms with Crippen molar-refractivity contribution in [2.45, 2.75) is 52.3 Å². The third-order valence-electron chi connectivity index (χ3n) is 4.37. The van der Waals surface area contributed by atoms with E-state index in [0.29, 0.717) is 11.5 Å². The normalized spacial score (nSPS) is 14.8. The molecule has 0 bridgehead atoms. The first-order chi connectivity index (χ1) is 12.8. The van der Waals surface area contributed by atoms with Crippen molar-refractivity contribution in [1.82, 2.24) is 15.2 Å². The number of nitrogens with zero attached hydrogens (tertiary/aromatic N) is 1. The lowest BCUT2D eigenvalue weighted by molar-refractivity contribution is -0.127. The Morgan fingerprint density at radius 3 is 2.56 bits per heavy atom. The molecule has 2 N–H and O–H groups in total. The van der Waals surface area contributed by atoms with Crippen LogP contribution in [0.2, 0.25) is 0 Å². The van der Waals surface area contributed by atoms with Crippen LogP contribution in [-0.2, 0) is 16.1 Å². The molecule has 1 aliphatic carbocycles. The number of rotatable bonds is 6. The highest BCUT2D eigenvalue weighted by Crippen LogP contribution is 2.23. The largest absolute Gasteiger partial charge is 0.449 e. The van der Waals surface area contributed by atoms with Crippen molar-refractivity contribution in [3.05, 3.63) is 36.0 Å². The van der Waals surface area contributed by atoms with Gasteiger partial charge in [0.05, 0.1) is 5.56 Å². The Bertz CT molecular complexity index is 867. The van der Waals surface area contributed by atoms with Gasteiger partial charge in [-0.25, -0.2) is 9.59 Å². The van der Waals surface area contributed by atoms with Gasteiger partial charge in [0.1, 0.15) is 0 Å². The van der Waals surface area contributed by atoms with Crippen molar-refractivity contribution in [3.8, 4) is 0 Å². The molecule has 1 atom stereocenters. The fourth-order valence-electron chi connectivity index (χ4n) is 2.89. The van der Waals surface area contributed by atoms with Gasteiger partial charge < -0.3 is 14.6 Å². The second kappa shape index (κ2) is 7.82. The number of nitrogens with one attached hydrogen (secondary N) is 2. The number of hydrogen-bond donors (Lipinski definition) is 2.